The van der Waals surface area contributed by atoms with E-state index < -0.39 is 0 Å². The van der Waals surface area contributed by atoms with Crippen molar-refractivity contribution in [3.8, 4) is 0 Å². The van der Waals surface area contributed by atoms with Crippen LogP contribution in [0.2, 0.25) is 0 Å². The van der Waals surface area contributed by atoms with E-state index in [1.54, 1.807) is 0 Å². The number of anilines is 1. The molecule has 3 heteroatoms. The summed E-state index contributed by atoms with van der Waals surface area (Å²) in [4.78, 5) is 11.1. The molecule has 0 atom stereocenters. The van der Waals surface area contributed by atoms with Gasteiger partial charge in [0, 0.05) is 6.92 Å². The minimum Gasteiger partial charge on any atom is -0.293 e. The molecule has 0 spiro atoms. The first-order chi connectivity index (χ1) is 7.13. The van der Waals surface area contributed by atoms with Crippen LogP contribution in [0.1, 0.15) is 25.8 Å². The van der Waals surface area contributed by atoms with Gasteiger partial charge in [-0.05, 0) is 25.5 Å². The second kappa shape index (κ2) is 5.29. The van der Waals surface area contributed by atoms with Gasteiger partial charge in [0.05, 0.1) is 5.69 Å². The number of hydrazone groups is 1. The van der Waals surface area contributed by atoms with Crippen LogP contribution < -0.4 is 5.43 Å². The van der Waals surface area contributed by atoms with Crippen LogP contribution in [0.4, 0.5) is 5.69 Å². The normalized spacial score (nSPS) is 11.3. The lowest BCUT2D eigenvalue weighted by atomic mass is 10.2. The van der Waals surface area contributed by atoms with Crippen molar-refractivity contribution in [1.29, 1.82) is 0 Å². The van der Waals surface area contributed by atoms with Crippen molar-refractivity contribution in [2.24, 2.45) is 5.10 Å². The first-order valence-corrected chi connectivity index (χ1v) is 5.03. The maximum absolute atomic E-state index is 11.1. The highest BCUT2D eigenvalue weighted by Crippen LogP contribution is 2.08. The fraction of sp³-hybridized carbons (Fsp3) is 0.333. The van der Waals surface area contributed by atoms with Crippen LogP contribution in [0.5, 0.6) is 0 Å². The molecule has 0 saturated heterocycles. The summed E-state index contributed by atoms with van der Waals surface area (Å²) in [5.41, 5.74) is 5.53. The number of Topliss-reactive ketones (excluding diaryl/α,β-unsaturated/α-hetero) is 1. The summed E-state index contributed by atoms with van der Waals surface area (Å²) >= 11 is 0. The Kier molecular flexibility index (Phi) is 4.03. The number of ketones is 1. The van der Waals surface area contributed by atoms with E-state index in [1.165, 1.54) is 12.5 Å². The van der Waals surface area contributed by atoms with E-state index in [0.717, 1.165) is 5.69 Å². The van der Waals surface area contributed by atoms with Crippen molar-refractivity contribution in [3.63, 3.8) is 0 Å². The lowest BCUT2D eigenvalue weighted by Gasteiger charge is -2.02. The lowest BCUT2D eigenvalue weighted by molar-refractivity contribution is -0.111. The maximum Gasteiger partial charge on any atom is 0.175 e. The number of carbonyl (C=O) groups excluding carboxylic acids is 1. The summed E-state index contributed by atoms with van der Waals surface area (Å²) in [5.74, 6) is 0.0112. The zero-order valence-electron chi connectivity index (χ0n) is 9.37. The zero-order chi connectivity index (χ0) is 11.3. The molecular formula is C12H16N2O. The summed E-state index contributed by atoms with van der Waals surface area (Å²) in [6.07, 6.45) is 0.647. The Morgan fingerprint density at radius 3 is 2.40 bits per heavy atom. The third kappa shape index (κ3) is 3.54. The summed E-state index contributed by atoms with van der Waals surface area (Å²) in [6.45, 7) is 5.47. The van der Waals surface area contributed by atoms with Crippen molar-refractivity contribution in [2.45, 2.75) is 27.2 Å². The fourth-order valence-electron chi connectivity index (χ4n) is 1.17. The smallest absolute Gasteiger partial charge is 0.175 e. The molecule has 0 saturated carbocycles. The summed E-state index contributed by atoms with van der Waals surface area (Å²) in [7, 11) is 0. The first kappa shape index (κ1) is 11.4. The molecule has 1 N–H and O–H groups in total. The summed E-state index contributed by atoms with van der Waals surface area (Å²) in [6, 6.07) is 7.87. The van der Waals surface area contributed by atoms with Crippen molar-refractivity contribution >= 4 is 17.2 Å². The van der Waals surface area contributed by atoms with Crippen molar-refractivity contribution in [3.05, 3.63) is 29.8 Å². The highest BCUT2D eigenvalue weighted by molar-refractivity contribution is 6.38. The number of nitrogens with one attached hydrogen (secondary N) is 1. The van der Waals surface area contributed by atoms with Gasteiger partial charge in [-0.2, -0.15) is 5.10 Å². The Bertz CT molecular complexity index is 366. The van der Waals surface area contributed by atoms with Crippen molar-refractivity contribution in [2.75, 3.05) is 5.43 Å². The second-order valence-electron chi connectivity index (χ2n) is 3.45. The fourth-order valence-corrected chi connectivity index (χ4v) is 1.17. The average molecular weight is 204 g/mol. The first-order valence-electron chi connectivity index (χ1n) is 5.03. The number of hydrogen-bond donors (Lipinski definition) is 1. The van der Waals surface area contributed by atoms with Gasteiger partial charge in [0.15, 0.2) is 5.78 Å². The molecular weight excluding hydrogens is 188 g/mol. The minimum atomic E-state index is 0.0112. The number of benzene rings is 1. The lowest BCUT2D eigenvalue weighted by Crippen LogP contribution is -2.10. The number of nitrogens with zero attached hydrogens (tertiary/aromatic N) is 1. The van der Waals surface area contributed by atoms with Gasteiger partial charge in [-0.25, -0.2) is 0 Å². The van der Waals surface area contributed by atoms with E-state index in [1.807, 2.05) is 38.1 Å². The molecule has 80 valence electrons. The van der Waals surface area contributed by atoms with Gasteiger partial charge in [0.2, 0.25) is 0 Å². The molecule has 0 fully saturated rings. The van der Waals surface area contributed by atoms with Crippen LogP contribution in [0.3, 0.4) is 0 Å². The highest BCUT2D eigenvalue weighted by atomic mass is 16.1. The predicted octanol–water partition coefficient (Wildman–Crippen LogP) is 2.76. The van der Waals surface area contributed by atoms with Gasteiger partial charge < -0.3 is 0 Å². The molecule has 0 aliphatic rings. The largest absolute Gasteiger partial charge is 0.293 e. The number of hydrogen-bond acceptors (Lipinski definition) is 3. The molecule has 0 aliphatic heterocycles. The third-order valence-electron chi connectivity index (χ3n) is 2.11. The standard InChI is InChI=1S/C12H16N2O/c1-4-12(10(3)15)14-13-11-7-5-9(2)6-8-11/h5-8,13H,4H2,1-3H3/b14-12+. The molecule has 0 radical (unpaired) electrons. The SMILES string of the molecule is CC/C(=N\Nc1ccc(C)cc1)C(C)=O. The van der Waals surface area contributed by atoms with Gasteiger partial charge in [-0.1, -0.05) is 24.6 Å². The molecule has 1 aromatic carbocycles. The Morgan fingerprint density at radius 1 is 1.33 bits per heavy atom. The monoisotopic (exact) mass is 204 g/mol. The van der Waals surface area contributed by atoms with Crippen molar-refractivity contribution in [1.82, 2.24) is 0 Å². The van der Waals surface area contributed by atoms with E-state index in [0.29, 0.717) is 12.1 Å². The summed E-state index contributed by atoms with van der Waals surface area (Å²) in [5, 5.41) is 4.06. The molecule has 15 heavy (non-hydrogen) atoms. The van der Waals surface area contributed by atoms with Gasteiger partial charge in [0.25, 0.3) is 0 Å². The third-order valence-corrected chi connectivity index (χ3v) is 2.11. The molecule has 0 aromatic heterocycles. The predicted molar refractivity (Wildman–Crippen MR) is 63.2 cm³/mol. The minimum absolute atomic E-state index is 0.0112. The Labute approximate surface area is 90.2 Å². The molecule has 0 bridgehead atoms. The van der Waals surface area contributed by atoms with Gasteiger partial charge in [-0.3, -0.25) is 10.2 Å². The Morgan fingerprint density at radius 2 is 1.93 bits per heavy atom. The van der Waals surface area contributed by atoms with E-state index in [2.05, 4.69) is 10.5 Å². The molecule has 0 amide bonds. The van der Waals surface area contributed by atoms with Gasteiger partial charge >= 0.3 is 0 Å². The molecule has 0 unspecified atom stereocenters. The van der Waals surface area contributed by atoms with E-state index in [9.17, 15) is 4.79 Å². The van der Waals surface area contributed by atoms with Crippen LogP contribution in [0.25, 0.3) is 0 Å². The van der Waals surface area contributed by atoms with E-state index >= 15 is 0 Å². The Hall–Kier alpha value is -1.64. The molecule has 0 aliphatic carbocycles. The van der Waals surface area contributed by atoms with E-state index in [-0.39, 0.29) is 5.78 Å². The van der Waals surface area contributed by atoms with Crippen molar-refractivity contribution < 1.29 is 4.79 Å². The van der Waals surface area contributed by atoms with Crippen LogP contribution >= 0.6 is 0 Å². The van der Waals surface area contributed by atoms with Crippen LogP contribution in [-0.2, 0) is 4.79 Å². The molecule has 1 aromatic rings. The summed E-state index contributed by atoms with van der Waals surface area (Å²) < 4.78 is 0. The van der Waals surface area contributed by atoms with Crippen LogP contribution in [0.15, 0.2) is 29.4 Å². The highest BCUT2D eigenvalue weighted by Gasteiger charge is 2.01. The topological polar surface area (TPSA) is 41.5 Å². The molecule has 0 heterocycles. The van der Waals surface area contributed by atoms with Gasteiger partial charge in [0.1, 0.15) is 5.71 Å². The van der Waals surface area contributed by atoms with Crippen LogP contribution in [0, 0.1) is 6.92 Å². The molecule has 1 rings (SSSR count). The number of rotatable bonds is 4. The quantitative estimate of drug-likeness (QED) is 0.605. The second-order valence-corrected chi connectivity index (χ2v) is 3.45. The van der Waals surface area contributed by atoms with Gasteiger partial charge in [-0.15, -0.1) is 0 Å². The Balaban J connectivity index is 2.70. The maximum atomic E-state index is 11.1. The molecule has 3 nitrogen and oxygen atoms in total. The number of aryl methyl sites for hydroxylation is 1. The number of carbonyl (C=O) groups is 1. The average Bonchev–Trinajstić information content (AvgIpc) is 2.21. The zero-order valence-corrected chi connectivity index (χ0v) is 9.37. The van der Waals surface area contributed by atoms with Crippen LogP contribution in [-0.4, -0.2) is 11.5 Å². The van der Waals surface area contributed by atoms with E-state index in [4.69, 9.17) is 0 Å².